The molecule has 0 aliphatic rings. The van der Waals surface area contributed by atoms with E-state index in [0.717, 1.165) is 0 Å². The molecule has 0 unspecified atom stereocenters. The zero-order valence-corrected chi connectivity index (χ0v) is 12.0. The average molecular weight is 302 g/mol. The van der Waals surface area contributed by atoms with Crippen molar-refractivity contribution in [3.8, 4) is 5.75 Å². The quantitative estimate of drug-likeness (QED) is 0.826. The van der Waals surface area contributed by atoms with E-state index < -0.39 is 18.4 Å². The van der Waals surface area contributed by atoms with E-state index >= 15 is 0 Å². The number of amides is 1. The number of nitrogens with zero attached hydrogens (tertiary/aromatic N) is 1. The van der Waals surface area contributed by atoms with Gasteiger partial charge in [-0.3, -0.25) is 9.59 Å². The van der Waals surface area contributed by atoms with Crippen LogP contribution in [0.3, 0.4) is 0 Å². The zero-order chi connectivity index (χ0) is 15.1. The summed E-state index contributed by atoms with van der Waals surface area (Å²) in [6.45, 7) is -0.0168. The molecule has 110 valence electrons. The molecule has 0 saturated heterocycles. The predicted molar refractivity (Wildman–Crippen MR) is 73.4 cm³/mol. The highest BCUT2D eigenvalue weighted by Crippen LogP contribution is 2.24. The molecule has 1 aromatic rings. The van der Waals surface area contributed by atoms with Crippen LogP contribution in [0.15, 0.2) is 18.2 Å². The lowest BCUT2D eigenvalue weighted by Crippen LogP contribution is -2.38. The van der Waals surface area contributed by atoms with Crippen molar-refractivity contribution in [3.63, 3.8) is 0 Å². The molecule has 1 amide bonds. The molecule has 0 radical (unpaired) electrons. The van der Waals surface area contributed by atoms with E-state index in [1.807, 2.05) is 0 Å². The minimum absolute atomic E-state index is 0.164. The van der Waals surface area contributed by atoms with Gasteiger partial charge in [-0.05, 0) is 18.2 Å². The van der Waals surface area contributed by atoms with Crippen molar-refractivity contribution in [1.29, 1.82) is 0 Å². The van der Waals surface area contributed by atoms with E-state index in [2.05, 4.69) is 0 Å². The summed E-state index contributed by atoms with van der Waals surface area (Å²) in [6.07, 6.45) is 0. The van der Waals surface area contributed by atoms with Crippen molar-refractivity contribution in [2.45, 2.75) is 0 Å². The molecule has 1 aromatic carbocycles. The summed E-state index contributed by atoms with van der Waals surface area (Å²) in [5.74, 6) is -1.23. The molecule has 0 aliphatic carbocycles. The van der Waals surface area contributed by atoms with Gasteiger partial charge in [-0.15, -0.1) is 0 Å². The van der Waals surface area contributed by atoms with Gasteiger partial charge in [0.15, 0.2) is 0 Å². The molecule has 1 N–H and O–H groups in total. The first-order valence-electron chi connectivity index (χ1n) is 5.83. The SMILES string of the molecule is COCCN(CC(=O)O)C(=O)c1cc(Cl)ccc1OC. The van der Waals surface area contributed by atoms with Gasteiger partial charge in [-0.25, -0.2) is 0 Å². The van der Waals surface area contributed by atoms with Crippen LogP contribution in [0.25, 0.3) is 0 Å². The zero-order valence-electron chi connectivity index (χ0n) is 11.3. The number of carboxylic acid groups (broad SMARTS) is 1. The van der Waals surface area contributed by atoms with E-state index in [1.54, 1.807) is 12.1 Å². The van der Waals surface area contributed by atoms with Gasteiger partial charge in [0.1, 0.15) is 12.3 Å². The van der Waals surface area contributed by atoms with Crippen LogP contribution in [-0.2, 0) is 9.53 Å². The first-order valence-corrected chi connectivity index (χ1v) is 6.21. The number of carbonyl (C=O) groups excluding carboxylic acids is 1. The standard InChI is InChI=1S/C13H16ClNO5/c1-19-6-5-15(8-12(16)17)13(18)10-7-9(14)3-4-11(10)20-2/h3-4,7H,5-6,8H2,1-2H3,(H,16,17). The lowest BCUT2D eigenvalue weighted by molar-refractivity contribution is -0.137. The van der Waals surface area contributed by atoms with Crippen LogP contribution in [0.5, 0.6) is 5.75 Å². The molecule has 20 heavy (non-hydrogen) atoms. The number of halogens is 1. The maximum Gasteiger partial charge on any atom is 0.323 e. The number of ether oxygens (including phenoxy) is 2. The van der Waals surface area contributed by atoms with Crippen molar-refractivity contribution < 1.29 is 24.2 Å². The Bertz CT molecular complexity index is 492. The van der Waals surface area contributed by atoms with Gasteiger partial charge in [-0.1, -0.05) is 11.6 Å². The molecule has 0 saturated carbocycles. The van der Waals surface area contributed by atoms with Crippen LogP contribution in [0.1, 0.15) is 10.4 Å². The number of carbonyl (C=O) groups is 2. The third-order valence-electron chi connectivity index (χ3n) is 2.57. The normalized spacial score (nSPS) is 10.2. The van der Waals surface area contributed by atoms with Crippen LogP contribution in [-0.4, -0.2) is 55.8 Å². The van der Waals surface area contributed by atoms with E-state index in [9.17, 15) is 9.59 Å². The third-order valence-corrected chi connectivity index (χ3v) is 2.81. The van der Waals surface area contributed by atoms with Crippen molar-refractivity contribution in [1.82, 2.24) is 4.90 Å². The number of aliphatic carboxylic acids is 1. The Morgan fingerprint density at radius 3 is 2.60 bits per heavy atom. The van der Waals surface area contributed by atoms with Crippen LogP contribution >= 0.6 is 11.6 Å². The van der Waals surface area contributed by atoms with Crippen molar-refractivity contribution >= 4 is 23.5 Å². The lowest BCUT2D eigenvalue weighted by atomic mass is 10.1. The Kier molecular flexibility index (Phi) is 6.27. The first-order chi connectivity index (χ1) is 9.49. The topological polar surface area (TPSA) is 76.1 Å². The first kappa shape index (κ1) is 16.3. The number of methoxy groups -OCH3 is 2. The van der Waals surface area contributed by atoms with Gasteiger partial charge < -0.3 is 19.5 Å². The molecular weight excluding hydrogens is 286 g/mol. The molecule has 1 rings (SSSR count). The highest BCUT2D eigenvalue weighted by Gasteiger charge is 2.21. The highest BCUT2D eigenvalue weighted by molar-refractivity contribution is 6.31. The fourth-order valence-corrected chi connectivity index (χ4v) is 1.81. The van der Waals surface area contributed by atoms with Gasteiger partial charge in [0, 0.05) is 18.7 Å². The summed E-state index contributed by atoms with van der Waals surface area (Å²) in [5, 5.41) is 9.24. The molecule has 0 heterocycles. The third kappa shape index (κ3) is 4.40. The summed E-state index contributed by atoms with van der Waals surface area (Å²) in [6, 6.07) is 4.60. The van der Waals surface area contributed by atoms with Crippen molar-refractivity contribution in [3.05, 3.63) is 28.8 Å². The van der Waals surface area contributed by atoms with Gasteiger partial charge in [0.25, 0.3) is 5.91 Å². The maximum atomic E-state index is 12.4. The number of hydrogen-bond donors (Lipinski definition) is 1. The van der Waals surface area contributed by atoms with Gasteiger partial charge in [0.05, 0.1) is 19.3 Å². The smallest absolute Gasteiger partial charge is 0.323 e. The molecule has 0 aliphatic heterocycles. The van der Waals surface area contributed by atoms with Crippen LogP contribution in [0.2, 0.25) is 5.02 Å². The molecular formula is C13H16ClNO5. The van der Waals surface area contributed by atoms with Crippen molar-refractivity contribution in [2.75, 3.05) is 33.9 Å². The number of hydrogen-bond acceptors (Lipinski definition) is 4. The van der Waals surface area contributed by atoms with Gasteiger partial charge >= 0.3 is 5.97 Å². The van der Waals surface area contributed by atoms with E-state index in [1.165, 1.54) is 25.2 Å². The Hall–Kier alpha value is -1.79. The Morgan fingerprint density at radius 1 is 1.35 bits per heavy atom. The Labute approximate surface area is 121 Å². The monoisotopic (exact) mass is 301 g/mol. The van der Waals surface area contributed by atoms with Crippen molar-refractivity contribution in [2.24, 2.45) is 0 Å². The second-order valence-corrected chi connectivity index (χ2v) is 4.39. The fourth-order valence-electron chi connectivity index (χ4n) is 1.63. The molecule has 0 aromatic heterocycles. The largest absolute Gasteiger partial charge is 0.496 e. The molecule has 6 nitrogen and oxygen atoms in total. The molecule has 0 bridgehead atoms. The maximum absolute atomic E-state index is 12.4. The van der Waals surface area contributed by atoms with Crippen LogP contribution in [0, 0.1) is 0 Å². The van der Waals surface area contributed by atoms with Gasteiger partial charge in [-0.2, -0.15) is 0 Å². The summed E-state index contributed by atoms with van der Waals surface area (Å²) < 4.78 is 9.97. The molecule has 7 heteroatoms. The Balaban J connectivity index is 3.03. The minimum Gasteiger partial charge on any atom is -0.496 e. The summed E-state index contributed by atoms with van der Waals surface area (Å²) in [4.78, 5) is 24.4. The second-order valence-electron chi connectivity index (χ2n) is 3.96. The van der Waals surface area contributed by atoms with E-state index in [-0.39, 0.29) is 18.7 Å². The number of carboxylic acids is 1. The van der Waals surface area contributed by atoms with Gasteiger partial charge in [0.2, 0.25) is 0 Å². The lowest BCUT2D eigenvalue weighted by Gasteiger charge is -2.21. The van der Waals surface area contributed by atoms with Crippen LogP contribution < -0.4 is 4.74 Å². The van der Waals surface area contributed by atoms with Crippen LogP contribution in [0.4, 0.5) is 0 Å². The molecule has 0 atom stereocenters. The van der Waals surface area contributed by atoms with E-state index in [0.29, 0.717) is 10.8 Å². The minimum atomic E-state index is -1.10. The second kappa shape index (κ2) is 7.72. The predicted octanol–water partition coefficient (Wildman–Crippen LogP) is 1.52. The molecule has 0 spiro atoms. The number of benzene rings is 1. The summed E-state index contributed by atoms with van der Waals surface area (Å²) in [5.41, 5.74) is 0.220. The number of rotatable bonds is 7. The summed E-state index contributed by atoms with van der Waals surface area (Å²) >= 11 is 5.87. The van der Waals surface area contributed by atoms with E-state index in [4.69, 9.17) is 26.2 Å². The summed E-state index contributed by atoms with van der Waals surface area (Å²) in [7, 11) is 2.90. The highest BCUT2D eigenvalue weighted by atomic mass is 35.5. The molecule has 0 fully saturated rings. The fraction of sp³-hybridized carbons (Fsp3) is 0.385. The Morgan fingerprint density at radius 2 is 2.05 bits per heavy atom. The average Bonchev–Trinajstić information content (AvgIpc) is 2.42.